The van der Waals surface area contributed by atoms with E-state index in [1.807, 2.05) is 19.9 Å². The van der Waals surface area contributed by atoms with Gasteiger partial charge in [0.2, 0.25) is 0 Å². The van der Waals surface area contributed by atoms with E-state index in [2.05, 4.69) is 0 Å². The number of ether oxygens (including phenoxy) is 1. The van der Waals surface area contributed by atoms with Crippen LogP contribution in [-0.2, 0) is 4.74 Å². The topological polar surface area (TPSA) is 55.5 Å². The summed E-state index contributed by atoms with van der Waals surface area (Å²) in [7, 11) is 0. The van der Waals surface area contributed by atoms with E-state index in [9.17, 15) is 5.11 Å². The number of aliphatic hydroxyl groups is 1. The highest BCUT2D eigenvalue weighted by Crippen LogP contribution is 1.95. The molecule has 2 atom stereocenters. The largest absolute Gasteiger partial charge is 0.387 e. The molecule has 0 rings (SSSR count). The molecule has 0 bridgehead atoms. The standard InChI is InChI=1S/C9H19NO2/c1-3-5-6-9(11)8(10)7-12-4-2/h5-6,8-9,11H,3-4,7,10H2,1-2H3/b6-5+/t8-,9+/m1/s1. The van der Waals surface area contributed by atoms with Crippen LogP contribution in [0.5, 0.6) is 0 Å². The van der Waals surface area contributed by atoms with Crippen molar-refractivity contribution in [2.45, 2.75) is 32.4 Å². The third kappa shape index (κ3) is 5.29. The van der Waals surface area contributed by atoms with Crippen LogP contribution in [0.3, 0.4) is 0 Å². The van der Waals surface area contributed by atoms with Crippen molar-refractivity contribution in [3.8, 4) is 0 Å². The van der Waals surface area contributed by atoms with Crippen LogP contribution in [-0.4, -0.2) is 30.5 Å². The highest BCUT2D eigenvalue weighted by Gasteiger charge is 2.10. The van der Waals surface area contributed by atoms with Gasteiger partial charge in [-0.15, -0.1) is 0 Å². The third-order valence-corrected chi connectivity index (χ3v) is 1.52. The summed E-state index contributed by atoms with van der Waals surface area (Å²) in [6.45, 7) is 4.96. The zero-order valence-corrected chi connectivity index (χ0v) is 7.86. The van der Waals surface area contributed by atoms with Gasteiger partial charge in [0.15, 0.2) is 0 Å². The molecule has 72 valence electrons. The van der Waals surface area contributed by atoms with Gasteiger partial charge in [0.1, 0.15) is 0 Å². The predicted octanol–water partition coefficient (Wildman–Crippen LogP) is 0.677. The average molecular weight is 173 g/mol. The Kier molecular flexibility index (Phi) is 7.05. The maximum absolute atomic E-state index is 9.38. The Morgan fingerprint density at radius 2 is 2.17 bits per heavy atom. The van der Waals surface area contributed by atoms with Crippen LogP contribution in [0.4, 0.5) is 0 Å². The Morgan fingerprint density at radius 1 is 1.50 bits per heavy atom. The van der Waals surface area contributed by atoms with E-state index < -0.39 is 6.10 Å². The van der Waals surface area contributed by atoms with Gasteiger partial charge in [0, 0.05) is 6.61 Å². The van der Waals surface area contributed by atoms with Gasteiger partial charge in [-0.05, 0) is 13.3 Å². The molecule has 0 amide bonds. The first-order valence-electron chi connectivity index (χ1n) is 4.40. The quantitative estimate of drug-likeness (QED) is 0.581. The van der Waals surface area contributed by atoms with E-state index in [0.29, 0.717) is 13.2 Å². The molecular weight excluding hydrogens is 154 g/mol. The van der Waals surface area contributed by atoms with Crippen molar-refractivity contribution < 1.29 is 9.84 Å². The van der Waals surface area contributed by atoms with Crippen molar-refractivity contribution in [3.05, 3.63) is 12.2 Å². The lowest BCUT2D eigenvalue weighted by Crippen LogP contribution is -2.37. The summed E-state index contributed by atoms with van der Waals surface area (Å²) >= 11 is 0. The molecule has 3 nitrogen and oxygen atoms in total. The molecule has 0 saturated carbocycles. The summed E-state index contributed by atoms with van der Waals surface area (Å²) in [4.78, 5) is 0. The van der Waals surface area contributed by atoms with Crippen LogP contribution in [0.2, 0.25) is 0 Å². The molecule has 0 aliphatic heterocycles. The minimum atomic E-state index is -0.587. The van der Waals surface area contributed by atoms with Gasteiger partial charge < -0.3 is 15.6 Å². The first kappa shape index (κ1) is 11.6. The number of aliphatic hydroxyl groups excluding tert-OH is 1. The second-order valence-electron chi connectivity index (χ2n) is 2.65. The molecule has 0 spiro atoms. The van der Waals surface area contributed by atoms with Gasteiger partial charge in [0.05, 0.1) is 18.8 Å². The lowest BCUT2D eigenvalue weighted by molar-refractivity contribution is 0.0880. The van der Waals surface area contributed by atoms with Crippen molar-refractivity contribution in [1.29, 1.82) is 0 Å². The van der Waals surface area contributed by atoms with E-state index in [0.717, 1.165) is 6.42 Å². The van der Waals surface area contributed by atoms with E-state index >= 15 is 0 Å². The van der Waals surface area contributed by atoms with Crippen LogP contribution >= 0.6 is 0 Å². The Bertz CT molecular complexity index is 126. The summed E-state index contributed by atoms with van der Waals surface area (Å²) in [6.07, 6.45) is 3.94. The van der Waals surface area contributed by atoms with Crippen LogP contribution < -0.4 is 5.73 Å². The molecule has 0 unspecified atom stereocenters. The smallest absolute Gasteiger partial charge is 0.0894 e. The molecule has 0 aliphatic rings. The fourth-order valence-corrected chi connectivity index (χ4v) is 0.771. The molecule has 0 aliphatic carbocycles. The Balaban J connectivity index is 3.60. The van der Waals surface area contributed by atoms with Crippen molar-refractivity contribution >= 4 is 0 Å². The van der Waals surface area contributed by atoms with Crippen molar-refractivity contribution in [1.82, 2.24) is 0 Å². The summed E-state index contributed by atoms with van der Waals surface area (Å²) in [5.74, 6) is 0. The molecule has 0 aromatic heterocycles. The maximum atomic E-state index is 9.38. The first-order valence-corrected chi connectivity index (χ1v) is 4.40. The van der Waals surface area contributed by atoms with Crippen molar-refractivity contribution in [2.75, 3.05) is 13.2 Å². The zero-order valence-electron chi connectivity index (χ0n) is 7.86. The minimum Gasteiger partial charge on any atom is -0.387 e. The van der Waals surface area contributed by atoms with Gasteiger partial charge in [-0.25, -0.2) is 0 Å². The maximum Gasteiger partial charge on any atom is 0.0894 e. The molecular formula is C9H19NO2. The summed E-state index contributed by atoms with van der Waals surface area (Å²) in [5, 5.41) is 9.38. The Morgan fingerprint density at radius 3 is 2.67 bits per heavy atom. The molecule has 0 aromatic rings. The lowest BCUT2D eigenvalue weighted by atomic mass is 10.1. The highest BCUT2D eigenvalue weighted by molar-refractivity contribution is 4.93. The van der Waals surface area contributed by atoms with E-state index in [1.54, 1.807) is 6.08 Å². The number of hydrogen-bond donors (Lipinski definition) is 2. The summed E-state index contributed by atoms with van der Waals surface area (Å²) in [6, 6.07) is -0.312. The molecule has 0 saturated heterocycles. The molecule has 12 heavy (non-hydrogen) atoms. The van der Waals surface area contributed by atoms with E-state index in [1.165, 1.54) is 0 Å². The van der Waals surface area contributed by atoms with Gasteiger partial charge in [0.25, 0.3) is 0 Å². The first-order chi connectivity index (χ1) is 5.72. The minimum absolute atomic E-state index is 0.312. The zero-order chi connectivity index (χ0) is 9.40. The van der Waals surface area contributed by atoms with Crippen LogP contribution in [0.1, 0.15) is 20.3 Å². The summed E-state index contributed by atoms with van der Waals surface area (Å²) in [5.41, 5.74) is 5.62. The molecule has 3 heteroatoms. The number of hydrogen-bond acceptors (Lipinski definition) is 3. The van der Waals surface area contributed by atoms with Crippen LogP contribution in [0.15, 0.2) is 12.2 Å². The van der Waals surface area contributed by atoms with Gasteiger partial charge in [-0.1, -0.05) is 19.1 Å². The normalized spacial score (nSPS) is 16.7. The second kappa shape index (κ2) is 7.28. The van der Waals surface area contributed by atoms with Crippen LogP contribution in [0, 0.1) is 0 Å². The fourth-order valence-electron chi connectivity index (χ4n) is 0.771. The average Bonchev–Trinajstić information content (AvgIpc) is 2.10. The molecule has 3 N–H and O–H groups in total. The SMILES string of the molecule is CC/C=C/[C@H](O)[C@H](N)COCC. The predicted molar refractivity (Wildman–Crippen MR) is 49.9 cm³/mol. The van der Waals surface area contributed by atoms with E-state index in [4.69, 9.17) is 10.5 Å². The number of allylic oxidation sites excluding steroid dienone is 1. The fraction of sp³-hybridized carbons (Fsp3) is 0.778. The van der Waals surface area contributed by atoms with E-state index in [-0.39, 0.29) is 6.04 Å². The lowest BCUT2D eigenvalue weighted by Gasteiger charge is -2.14. The Labute approximate surface area is 74.2 Å². The van der Waals surface area contributed by atoms with Crippen LogP contribution in [0.25, 0.3) is 0 Å². The molecule has 0 heterocycles. The van der Waals surface area contributed by atoms with Crippen molar-refractivity contribution in [3.63, 3.8) is 0 Å². The monoisotopic (exact) mass is 173 g/mol. The third-order valence-electron chi connectivity index (χ3n) is 1.52. The highest BCUT2D eigenvalue weighted by atomic mass is 16.5. The second-order valence-corrected chi connectivity index (χ2v) is 2.65. The molecule has 0 fully saturated rings. The number of rotatable bonds is 6. The molecule has 0 aromatic carbocycles. The Hall–Kier alpha value is -0.380. The molecule has 0 radical (unpaired) electrons. The van der Waals surface area contributed by atoms with Crippen molar-refractivity contribution in [2.24, 2.45) is 5.73 Å². The number of nitrogens with two attached hydrogens (primary N) is 1. The van der Waals surface area contributed by atoms with Gasteiger partial charge in [-0.3, -0.25) is 0 Å². The van der Waals surface area contributed by atoms with Gasteiger partial charge in [-0.2, -0.15) is 0 Å². The summed E-state index contributed by atoms with van der Waals surface area (Å²) < 4.78 is 5.08. The van der Waals surface area contributed by atoms with Gasteiger partial charge >= 0.3 is 0 Å².